The number of nitrogens with zero attached hydrogens (tertiary/aromatic N) is 1. The normalized spacial score (nSPS) is 14.4. The number of rotatable bonds is 5. The van der Waals surface area contributed by atoms with Crippen LogP contribution < -0.4 is 14.2 Å². The van der Waals surface area contributed by atoms with Gasteiger partial charge in [0.15, 0.2) is 12.4 Å². The van der Waals surface area contributed by atoms with E-state index < -0.39 is 11.6 Å². The number of hydrogen-bond acceptors (Lipinski definition) is 6. The number of allylic oxidation sites excluding steroid dienone is 1. The summed E-state index contributed by atoms with van der Waals surface area (Å²) in [4.78, 5) is 25.0. The second-order valence-electron chi connectivity index (χ2n) is 8.96. The van der Waals surface area contributed by atoms with Crippen LogP contribution in [0.3, 0.4) is 0 Å². The van der Waals surface area contributed by atoms with Crippen molar-refractivity contribution in [2.75, 3.05) is 13.7 Å². The van der Waals surface area contributed by atoms with Crippen LogP contribution in [0.15, 0.2) is 42.3 Å². The third kappa shape index (κ3) is 4.44. The SMILES string of the molecule is COc1ccc2c(c1)c(C=C1Oc3c(ccc(OCC(=O)OC(C)(C)C)c3C)C1=O)cn2C. The van der Waals surface area contributed by atoms with E-state index in [0.717, 1.165) is 22.2 Å². The highest BCUT2D eigenvalue weighted by Crippen LogP contribution is 2.40. The second-order valence-corrected chi connectivity index (χ2v) is 8.96. The molecule has 0 fully saturated rings. The van der Waals surface area contributed by atoms with Gasteiger partial charge in [0.2, 0.25) is 5.78 Å². The highest BCUT2D eigenvalue weighted by Gasteiger charge is 2.30. The van der Waals surface area contributed by atoms with E-state index in [0.29, 0.717) is 22.6 Å². The number of esters is 1. The van der Waals surface area contributed by atoms with Gasteiger partial charge >= 0.3 is 5.97 Å². The zero-order valence-electron chi connectivity index (χ0n) is 19.6. The predicted octanol–water partition coefficient (Wildman–Crippen LogP) is 4.83. The first kappa shape index (κ1) is 22.5. The Hall–Kier alpha value is -3.74. The molecule has 0 N–H and O–H groups in total. The van der Waals surface area contributed by atoms with E-state index in [1.165, 1.54) is 0 Å². The van der Waals surface area contributed by atoms with E-state index in [-0.39, 0.29) is 18.1 Å². The van der Waals surface area contributed by atoms with Gasteiger partial charge < -0.3 is 23.5 Å². The molecule has 0 bridgehead atoms. The molecule has 0 unspecified atom stereocenters. The Morgan fingerprint density at radius 1 is 1.18 bits per heavy atom. The number of fused-ring (bicyclic) bond motifs is 2. The van der Waals surface area contributed by atoms with Gasteiger partial charge in [-0.25, -0.2) is 4.79 Å². The summed E-state index contributed by atoms with van der Waals surface area (Å²) in [6, 6.07) is 9.13. The molecule has 1 aromatic heterocycles. The van der Waals surface area contributed by atoms with E-state index in [1.807, 2.05) is 36.0 Å². The summed E-state index contributed by atoms with van der Waals surface area (Å²) in [5, 5.41) is 0.954. The van der Waals surface area contributed by atoms with Gasteiger partial charge in [-0.2, -0.15) is 0 Å². The number of benzene rings is 2. The topological polar surface area (TPSA) is 76.0 Å². The fourth-order valence-electron chi connectivity index (χ4n) is 3.82. The molecule has 3 aromatic rings. The Kier molecular flexibility index (Phi) is 5.66. The molecule has 1 aliphatic heterocycles. The fraction of sp³-hybridized carbons (Fsp3) is 0.308. The molecule has 4 rings (SSSR count). The highest BCUT2D eigenvalue weighted by molar-refractivity contribution is 6.15. The molecule has 0 radical (unpaired) electrons. The van der Waals surface area contributed by atoms with Crippen LogP contribution in [0.1, 0.15) is 42.3 Å². The summed E-state index contributed by atoms with van der Waals surface area (Å²) in [7, 11) is 3.56. The molecule has 0 saturated carbocycles. The lowest BCUT2D eigenvalue weighted by Crippen LogP contribution is -2.27. The van der Waals surface area contributed by atoms with Crippen LogP contribution in [-0.2, 0) is 16.6 Å². The van der Waals surface area contributed by atoms with Crippen molar-refractivity contribution in [3.63, 3.8) is 0 Å². The average molecular weight is 450 g/mol. The Bertz CT molecular complexity index is 1290. The third-order valence-corrected chi connectivity index (χ3v) is 5.32. The first-order chi connectivity index (χ1) is 15.6. The summed E-state index contributed by atoms with van der Waals surface area (Å²) >= 11 is 0. The van der Waals surface area contributed by atoms with Gasteiger partial charge in [-0.05, 0) is 64.1 Å². The van der Waals surface area contributed by atoms with Crippen molar-refractivity contribution in [3.8, 4) is 17.2 Å². The quantitative estimate of drug-likeness (QED) is 0.410. The van der Waals surface area contributed by atoms with Gasteiger partial charge in [-0.3, -0.25) is 4.79 Å². The Labute approximate surface area is 192 Å². The molecule has 0 aliphatic carbocycles. The molecule has 1 aliphatic rings. The van der Waals surface area contributed by atoms with Crippen LogP contribution in [0.2, 0.25) is 0 Å². The molecular weight excluding hydrogens is 422 g/mol. The number of ketones is 1. The highest BCUT2D eigenvalue weighted by atomic mass is 16.6. The van der Waals surface area contributed by atoms with E-state index in [1.54, 1.807) is 53.0 Å². The molecule has 0 atom stereocenters. The van der Waals surface area contributed by atoms with E-state index in [9.17, 15) is 9.59 Å². The number of aryl methyl sites for hydroxylation is 1. The van der Waals surface area contributed by atoms with Gasteiger partial charge in [0, 0.05) is 35.3 Å². The molecule has 0 saturated heterocycles. The number of methoxy groups -OCH3 is 1. The monoisotopic (exact) mass is 449 g/mol. The van der Waals surface area contributed by atoms with Crippen molar-refractivity contribution in [1.82, 2.24) is 4.57 Å². The van der Waals surface area contributed by atoms with Crippen molar-refractivity contribution < 1.29 is 28.5 Å². The summed E-state index contributed by atoms with van der Waals surface area (Å²) in [6.45, 7) is 6.95. The van der Waals surface area contributed by atoms with Crippen LogP contribution in [0, 0.1) is 6.92 Å². The van der Waals surface area contributed by atoms with E-state index >= 15 is 0 Å². The van der Waals surface area contributed by atoms with Crippen LogP contribution in [0.25, 0.3) is 17.0 Å². The summed E-state index contributed by atoms with van der Waals surface area (Å²) < 4.78 is 24.2. The standard InChI is InChI=1S/C26H27NO6/c1-15-21(31-14-23(28)33-26(2,3)4)10-8-18-24(29)22(32-25(15)18)11-16-13-27(5)20-9-7-17(30-6)12-19(16)20/h7-13H,14H2,1-6H3. The Morgan fingerprint density at radius 2 is 1.94 bits per heavy atom. The minimum absolute atomic E-state index is 0.202. The fourth-order valence-corrected chi connectivity index (χ4v) is 3.82. The summed E-state index contributed by atoms with van der Waals surface area (Å²) in [6.07, 6.45) is 3.68. The summed E-state index contributed by atoms with van der Waals surface area (Å²) in [5.41, 5.74) is 2.38. The summed E-state index contributed by atoms with van der Waals surface area (Å²) in [5.74, 6) is 1.19. The Morgan fingerprint density at radius 3 is 2.64 bits per heavy atom. The maximum Gasteiger partial charge on any atom is 0.344 e. The molecule has 2 heterocycles. The molecule has 0 amide bonds. The third-order valence-electron chi connectivity index (χ3n) is 5.32. The minimum atomic E-state index is -0.589. The maximum atomic E-state index is 13.0. The van der Waals surface area contributed by atoms with Crippen molar-refractivity contribution in [3.05, 3.63) is 59.0 Å². The number of carbonyl (C=O) groups is 2. The first-order valence-corrected chi connectivity index (χ1v) is 10.6. The molecule has 33 heavy (non-hydrogen) atoms. The number of aromatic nitrogens is 1. The van der Waals surface area contributed by atoms with Gasteiger partial charge in [0.25, 0.3) is 0 Å². The number of carbonyl (C=O) groups excluding carboxylic acids is 2. The zero-order valence-corrected chi connectivity index (χ0v) is 19.6. The lowest BCUT2D eigenvalue weighted by molar-refractivity contribution is -0.157. The van der Waals surface area contributed by atoms with Gasteiger partial charge in [0.1, 0.15) is 22.8 Å². The predicted molar refractivity (Wildman–Crippen MR) is 125 cm³/mol. The average Bonchev–Trinajstić information content (AvgIpc) is 3.23. The number of Topliss-reactive ketones (excluding diaryl/α,β-unsaturated/α-hetero) is 1. The van der Waals surface area contributed by atoms with Crippen LogP contribution in [0.5, 0.6) is 17.2 Å². The van der Waals surface area contributed by atoms with E-state index in [2.05, 4.69) is 0 Å². The Balaban J connectivity index is 1.60. The lowest BCUT2D eigenvalue weighted by atomic mass is 10.1. The molecule has 172 valence electrons. The zero-order chi connectivity index (χ0) is 23.9. The molecule has 0 spiro atoms. The molecule has 7 heteroatoms. The maximum absolute atomic E-state index is 13.0. The number of ether oxygens (including phenoxy) is 4. The number of hydrogen-bond donors (Lipinski definition) is 0. The lowest BCUT2D eigenvalue weighted by Gasteiger charge is -2.19. The minimum Gasteiger partial charge on any atom is -0.497 e. The smallest absolute Gasteiger partial charge is 0.344 e. The van der Waals surface area contributed by atoms with Gasteiger partial charge in [-0.1, -0.05) is 0 Å². The molecular formula is C26H27NO6. The largest absolute Gasteiger partial charge is 0.497 e. The molecule has 7 nitrogen and oxygen atoms in total. The van der Waals surface area contributed by atoms with Crippen LogP contribution in [-0.4, -0.2) is 35.6 Å². The van der Waals surface area contributed by atoms with Gasteiger partial charge in [-0.15, -0.1) is 0 Å². The van der Waals surface area contributed by atoms with Gasteiger partial charge in [0.05, 0.1) is 12.7 Å². The van der Waals surface area contributed by atoms with Crippen molar-refractivity contribution in [1.29, 1.82) is 0 Å². The molecule has 2 aromatic carbocycles. The van der Waals surface area contributed by atoms with E-state index in [4.69, 9.17) is 18.9 Å². The van der Waals surface area contributed by atoms with Crippen molar-refractivity contribution in [2.45, 2.75) is 33.3 Å². The first-order valence-electron chi connectivity index (χ1n) is 10.6. The van der Waals surface area contributed by atoms with Crippen molar-refractivity contribution in [2.24, 2.45) is 7.05 Å². The second kappa shape index (κ2) is 8.31. The van der Waals surface area contributed by atoms with Crippen LogP contribution >= 0.6 is 0 Å². The van der Waals surface area contributed by atoms with Crippen molar-refractivity contribution >= 4 is 28.7 Å². The van der Waals surface area contributed by atoms with Crippen LogP contribution in [0.4, 0.5) is 0 Å².